The van der Waals surface area contributed by atoms with E-state index in [0.717, 1.165) is 30.4 Å². The molecule has 0 aromatic carbocycles. The summed E-state index contributed by atoms with van der Waals surface area (Å²) < 4.78 is 0. The van der Waals surface area contributed by atoms with Gasteiger partial charge >= 0.3 is 0 Å². The average molecular weight is 273 g/mol. The first-order chi connectivity index (χ1) is 9.76. The van der Waals surface area contributed by atoms with Crippen LogP contribution in [0.1, 0.15) is 50.4 Å². The number of aromatic nitrogens is 1. The highest BCUT2D eigenvalue weighted by atomic mass is 15.2. The largest absolute Gasteiger partial charge is 0.314 e. The first-order valence-electron chi connectivity index (χ1n) is 8.18. The molecule has 3 heteroatoms. The number of piperidine rings is 1. The van der Waals surface area contributed by atoms with Gasteiger partial charge in [0, 0.05) is 30.4 Å². The van der Waals surface area contributed by atoms with Crippen LogP contribution in [0, 0.1) is 6.92 Å². The molecule has 3 rings (SSSR count). The van der Waals surface area contributed by atoms with Crippen LogP contribution in [0.5, 0.6) is 0 Å². The summed E-state index contributed by atoms with van der Waals surface area (Å²) in [5.41, 5.74) is 2.37. The summed E-state index contributed by atoms with van der Waals surface area (Å²) in [6.45, 7) is 6.54. The monoisotopic (exact) mass is 273 g/mol. The number of aryl methyl sites for hydroxylation is 1. The van der Waals surface area contributed by atoms with Crippen LogP contribution < -0.4 is 5.32 Å². The molecular weight excluding hydrogens is 246 g/mol. The Morgan fingerprint density at radius 3 is 2.65 bits per heavy atom. The van der Waals surface area contributed by atoms with Crippen LogP contribution in [0.4, 0.5) is 0 Å². The Hall–Kier alpha value is -0.930. The van der Waals surface area contributed by atoms with Crippen LogP contribution in [-0.2, 0) is 6.54 Å². The Bertz CT molecular complexity index is 432. The summed E-state index contributed by atoms with van der Waals surface area (Å²) in [6, 6.07) is 8.67. The third-order valence-electron chi connectivity index (χ3n) is 4.86. The Morgan fingerprint density at radius 2 is 2.00 bits per heavy atom. The zero-order valence-electron chi connectivity index (χ0n) is 12.8. The van der Waals surface area contributed by atoms with Crippen LogP contribution >= 0.6 is 0 Å². The molecule has 0 radical (unpaired) electrons. The molecule has 0 spiro atoms. The van der Waals surface area contributed by atoms with Gasteiger partial charge in [0.2, 0.25) is 0 Å². The van der Waals surface area contributed by atoms with Gasteiger partial charge in [-0.25, -0.2) is 0 Å². The third kappa shape index (κ3) is 3.04. The van der Waals surface area contributed by atoms with E-state index in [2.05, 4.69) is 47.2 Å². The predicted octanol–water partition coefficient (Wildman–Crippen LogP) is 2.89. The van der Waals surface area contributed by atoms with Crippen molar-refractivity contribution < 1.29 is 0 Å². The maximum atomic E-state index is 4.68. The van der Waals surface area contributed by atoms with Crippen LogP contribution in [0.25, 0.3) is 0 Å². The zero-order chi connectivity index (χ0) is 13.9. The highest BCUT2D eigenvalue weighted by Gasteiger charge is 2.40. The van der Waals surface area contributed by atoms with Crippen molar-refractivity contribution in [3.8, 4) is 0 Å². The van der Waals surface area contributed by atoms with Gasteiger partial charge in [0.1, 0.15) is 0 Å². The number of nitrogens with zero attached hydrogens (tertiary/aromatic N) is 2. The van der Waals surface area contributed by atoms with E-state index in [1.807, 2.05) is 0 Å². The van der Waals surface area contributed by atoms with Crippen molar-refractivity contribution in [3.05, 3.63) is 29.6 Å². The summed E-state index contributed by atoms with van der Waals surface area (Å²) >= 11 is 0. The summed E-state index contributed by atoms with van der Waals surface area (Å²) in [6.07, 6.45) is 6.63. The SMILES string of the molecule is CCCNC1CC2CCC(C1)N2Cc1cccc(C)n1. The van der Waals surface area contributed by atoms with E-state index >= 15 is 0 Å². The van der Waals surface area contributed by atoms with Gasteiger partial charge in [-0.1, -0.05) is 13.0 Å². The smallest absolute Gasteiger partial charge is 0.0547 e. The highest BCUT2D eigenvalue weighted by Crippen LogP contribution is 2.36. The maximum absolute atomic E-state index is 4.68. The molecule has 110 valence electrons. The second-order valence-corrected chi connectivity index (χ2v) is 6.45. The number of pyridine rings is 1. The number of hydrogen-bond acceptors (Lipinski definition) is 3. The lowest BCUT2D eigenvalue weighted by atomic mass is 9.97. The molecule has 2 atom stereocenters. The fourth-order valence-corrected chi connectivity index (χ4v) is 3.92. The second-order valence-electron chi connectivity index (χ2n) is 6.45. The molecule has 1 aromatic heterocycles. The minimum atomic E-state index is 0.745. The Balaban J connectivity index is 1.62. The topological polar surface area (TPSA) is 28.2 Å². The minimum Gasteiger partial charge on any atom is -0.314 e. The number of fused-ring (bicyclic) bond motifs is 2. The van der Waals surface area contributed by atoms with Gasteiger partial charge in [-0.05, 0) is 57.7 Å². The Kier molecular flexibility index (Phi) is 4.37. The first-order valence-corrected chi connectivity index (χ1v) is 8.18. The number of rotatable bonds is 5. The zero-order valence-corrected chi connectivity index (χ0v) is 12.8. The molecule has 1 N–H and O–H groups in total. The van der Waals surface area contributed by atoms with Crippen LogP contribution in [0.2, 0.25) is 0 Å². The summed E-state index contributed by atoms with van der Waals surface area (Å²) in [7, 11) is 0. The summed E-state index contributed by atoms with van der Waals surface area (Å²) in [4.78, 5) is 7.39. The fourth-order valence-electron chi connectivity index (χ4n) is 3.92. The molecule has 3 nitrogen and oxygen atoms in total. The van der Waals surface area contributed by atoms with Gasteiger partial charge in [0.15, 0.2) is 0 Å². The van der Waals surface area contributed by atoms with Gasteiger partial charge in [-0.15, -0.1) is 0 Å². The maximum Gasteiger partial charge on any atom is 0.0547 e. The van der Waals surface area contributed by atoms with E-state index in [1.165, 1.54) is 44.3 Å². The van der Waals surface area contributed by atoms with Gasteiger partial charge in [-0.3, -0.25) is 9.88 Å². The molecule has 1 aromatic rings. The molecule has 2 fully saturated rings. The van der Waals surface area contributed by atoms with Crippen molar-refractivity contribution in [2.75, 3.05) is 6.54 Å². The van der Waals surface area contributed by atoms with Gasteiger partial charge in [-0.2, -0.15) is 0 Å². The van der Waals surface area contributed by atoms with E-state index in [-0.39, 0.29) is 0 Å². The van der Waals surface area contributed by atoms with Gasteiger partial charge in [0.05, 0.1) is 5.69 Å². The lowest BCUT2D eigenvalue weighted by Crippen LogP contribution is -2.48. The van der Waals surface area contributed by atoms with E-state index < -0.39 is 0 Å². The predicted molar refractivity (Wildman–Crippen MR) is 82.6 cm³/mol. The lowest BCUT2D eigenvalue weighted by molar-refractivity contribution is 0.108. The molecule has 0 amide bonds. The molecule has 2 saturated heterocycles. The molecular formula is C17H27N3. The molecule has 0 aliphatic carbocycles. The molecule has 3 heterocycles. The molecule has 2 bridgehead atoms. The van der Waals surface area contributed by atoms with Crippen molar-refractivity contribution in [3.63, 3.8) is 0 Å². The van der Waals surface area contributed by atoms with Crippen molar-refractivity contribution in [2.24, 2.45) is 0 Å². The van der Waals surface area contributed by atoms with Crippen molar-refractivity contribution in [1.82, 2.24) is 15.2 Å². The van der Waals surface area contributed by atoms with Crippen molar-refractivity contribution in [2.45, 2.75) is 70.6 Å². The minimum absolute atomic E-state index is 0.745. The third-order valence-corrected chi connectivity index (χ3v) is 4.86. The fraction of sp³-hybridized carbons (Fsp3) is 0.706. The molecule has 2 aliphatic heterocycles. The van der Waals surface area contributed by atoms with Crippen LogP contribution in [-0.4, -0.2) is 34.6 Å². The summed E-state index contributed by atoms with van der Waals surface area (Å²) in [5, 5.41) is 3.72. The van der Waals surface area contributed by atoms with Gasteiger partial charge < -0.3 is 5.32 Å². The summed E-state index contributed by atoms with van der Waals surface area (Å²) in [5.74, 6) is 0. The van der Waals surface area contributed by atoms with E-state index in [4.69, 9.17) is 0 Å². The quantitative estimate of drug-likeness (QED) is 0.894. The Morgan fingerprint density at radius 1 is 1.25 bits per heavy atom. The van der Waals surface area contributed by atoms with E-state index in [0.29, 0.717) is 0 Å². The molecule has 2 unspecified atom stereocenters. The Labute approximate surface area is 122 Å². The second kappa shape index (κ2) is 6.23. The number of nitrogens with one attached hydrogen (secondary N) is 1. The van der Waals surface area contributed by atoms with Crippen LogP contribution in [0.3, 0.4) is 0 Å². The average Bonchev–Trinajstić information content (AvgIpc) is 2.68. The van der Waals surface area contributed by atoms with Crippen molar-refractivity contribution >= 4 is 0 Å². The van der Waals surface area contributed by atoms with Gasteiger partial charge in [0.25, 0.3) is 0 Å². The molecule has 20 heavy (non-hydrogen) atoms. The molecule has 0 saturated carbocycles. The van der Waals surface area contributed by atoms with E-state index in [1.54, 1.807) is 0 Å². The highest BCUT2D eigenvalue weighted by molar-refractivity contribution is 5.11. The van der Waals surface area contributed by atoms with E-state index in [9.17, 15) is 0 Å². The first kappa shape index (κ1) is 14.0. The standard InChI is InChI=1S/C17H27N3/c1-3-9-18-15-10-16-7-8-17(11-15)20(16)12-14-6-4-5-13(2)19-14/h4-6,15-18H,3,7-12H2,1-2H3. The lowest BCUT2D eigenvalue weighted by Gasteiger charge is -2.39. The normalized spacial score (nSPS) is 29.8. The van der Waals surface area contributed by atoms with Crippen molar-refractivity contribution in [1.29, 1.82) is 0 Å². The number of hydrogen-bond donors (Lipinski definition) is 1. The molecule has 2 aliphatic rings. The van der Waals surface area contributed by atoms with Crippen LogP contribution in [0.15, 0.2) is 18.2 Å².